The fraction of sp³-hybridized carbons (Fsp3) is 0.750. The van der Waals surface area contributed by atoms with Gasteiger partial charge in [-0.05, 0) is 18.9 Å². The predicted molar refractivity (Wildman–Crippen MR) is 39.3 cm³/mol. The summed E-state index contributed by atoms with van der Waals surface area (Å²) in [6, 6.07) is 0. The van der Waals surface area contributed by atoms with Crippen molar-refractivity contribution in [3.63, 3.8) is 0 Å². The molecule has 2 heteroatoms. The molecule has 0 unspecified atom stereocenters. The standard InChI is InChI=1S/C8H14O2/c1-7(2)5-3-4-6-8(7,9)10/h4,6,9-10H,3,5H2,1-2H3. The highest BCUT2D eigenvalue weighted by Crippen LogP contribution is 2.37. The van der Waals surface area contributed by atoms with Crippen LogP contribution in [0.2, 0.25) is 0 Å². The van der Waals surface area contributed by atoms with Gasteiger partial charge in [0, 0.05) is 5.41 Å². The number of rotatable bonds is 0. The first-order valence-corrected chi connectivity index (χ1v) is 3.58. The maximum atomic E-state index is 9.37. The fourth-order valence-corrected chi connectivity index (χ4v) is 1.10. The van der Waals surface area contributed by atoms with Crippen LogP contribution in [0.4, 0.5) is 0 Å². The van der Waals surface area contributed by atoms with E-state index in [2.05, 4.69) is 0 Å². The Morgan fingerprint density at radius 3 is 2.20 bits per heavy atom. The van der Waals surface area contributed by atoms with Crippen LogP contribution in [0.3, 0.4) is 0 Å². The Labute approximate surface area is 61.2 Å². The zero-order chi connectivity index (χ0) is 7.83. The summed E-state index contributed by atoms with van der Waals surface area (Å²) < 4.78 is 0. The van der Waals surface area contributed by atoms with Crippen molar-refractivity contribution in [3.8, 4) is 0 Å². The van der Waals surface area contributed by atoms with Crippen LogP contribution < -0.4 is 0 Å². The van der Waals surface area contributed by atoms with Gasteiger partial charge in [0.1, 0.15) is 0 Å². The molecule has 0 amide bonds. The van der Waals surface area contributed by atoms with Crippen molar-refractivity contribution in [1.82, 2.24) is 0 Å². The van der Waals surface area contributed by atoms with Gasteiger partial charge in [-0.3, -0.25) is 0 Å². The molecule has 1 aliphatic rings. The maximum Gasteiger partial charge on any atom is 0.187 e. The predicted octanol–water partition coefficient (Wildman–Crippen LogP) is 1.04. The van der Waals surface area contributed by atoms with Crippen molar-refractivity contribution in [2.45, 2.75) is 32.5 Å². The highest BCUT2D eigenvalue weighted by molar-refractivity contribution is 5.06. The summed E-state index contributed by atoms with van der Waals surface area (Å²) in [6.07, 6.45) is 5.05. The molecule has 1 aliphatic carbocycles. The van der Waals surface area contributed by atoms with E-state index in [-0.39, 0.29) is 0 Å². The molecular formula is C8H14O2. The van der Waals surface area contributed by atoms with Crippen molar-refractivity contribution >= 4 is 0 Å². The van der Waals surface area contributed by atoms with Gasteiger partial charge in [-0.25, -0.2) is 0 Å². The maximum absolute atomic E-state index is 9.37. The summed E-state index contributed by atoms with van der Waals surface area (Å²) in [5, 5.41) is 18.7. The minimum atomic E-state index is -1.61. The largest absolute Gasteiger partial charge is 0.362 e. The van der Waals surface area contributed by atoms with E-state index in [1.54, 1.807) is 0 Å². The van der Waals surface area contributed by atoms with Gasteiger partial charge in [0.15, 0.2) is 5.79 Å². The number of aliphatic hydroxyl groups is 2. The lowest BCUT2D eigenvalue weighted by molar-refractivity contribution is -0.200. The van der Waals surface area contributed by atoms with Crippen molar-refractivity contribution in [2.75, 3.05) is 0 Å². The van der Waals surface area contributed by atoms with E-state index >= 15 is 0 Å². The number of hydrogen-bond donors (Lipinski definition) is 2. The van der Waals surface area contributed by atoms with Gasteiger partial charge in [-0.15, -0.1) is 0 Å². The minimum Gasteiger partial charge on any atom is -0.362 e. The molecule has 0 fully saturated rings. The second-order valence-electron chi connectivity index (χ2n) is 3.55. The topological polar surface area (TPSA) is 40.5 Å². The van der Waals surface area contributed by atoms with Gasteiger partial charge in [-0.1, -0.05) is 19.9 Å². The zero-order valence-electron chi connectivity index (χ0n) is 6.46. The Morgan fingerprint density at radius 1 is 1.30 bits per heavy atom. The first-order chi connectivity index (χ1) is 4.46. The lowest BCUT2D eigenvalue weighted by Crippen LogP contribution is -2.44. The second-order valence-corrected chi connectivity index (χ2v) is 3.55. The van der Waals surface area contributed by atoms with Crippen LogP contribution in [0.15, 0.2) is 12.2 Å². The molecule has 58 valence electrons. The Kier molecular flexibility index (Phi) is 1.61. The molecule has 0 aromatic rings. The average Bonchev–Trinajstić information content (AvgIpc) is 1.77. The van der Waals surface area contributed by atoms with Crippen LogP contribution in [0, 0.1) is 5.41 Å². The number of hydrogen-bond acceptors (Lipinski definition) is 2. The highest BCUT2D eigenvalue weighted by Gasteiger charge is 2.40. The molecule has 2 nitrogen and oxygen atoms in total. The molecule has 0 saturated carbocycles. The van der Waals surface area contributed by atoms with Crippen LogP contribution in [0.5, 0.6) is 0 Å². The van der Waals surface area contributed by atoms with Crippen molar-refractivity contribution < 1.29 is 10.2 Å². The molecule has 1 rings (SSSR count). The molecule has 0 atom stereocenters. The summed E-state index contributed by atoms with van der Waals surface area (Å²) in [7, 11) is 0. The van der Waals surface area contributed by atoms with Crippen molar-refractivity contribution in [2.24, 2.45) is 5.41 Å². The molecule has 2 N–H and O–H groups in total. The van der Waals surface area contributed by atoms with Gasteiger partial charge < -0.3 is 10.2 Å². The van der Waals surface area contributed by atoms with Gasteiger partial charge >= 0.3 is 0 Å². The van der Waals surface area contributed by atoms with Gasteiger partial charge in [0.05, 0.1) is 0 Å². The Hall–Kier alpha value is -0.340. The van der Waals surface area contributed by atoms with Crippen LogP contribution >= 0.6 is 0 Å². The third kappa shape index (κ3) is 1.09. The van der Waals surface area contributed by atoms with E-state index < -0.39 is 11.2 Å². The van der Waals surface area contributed by atoms with Crippen LogP contribution in [-0.2, 0) is 0 Å². The van der Waals surface area contributed by atoms with E-state index in [4.69, 9.17) is 0 Å². The van der Waals surface area contributed by atoms with Crippen molar-refractivity contribution in [3.05, 3.63) is 12.2 Å². The molecule has 0 aromatic carbocycles. The summed E-state index contributed by atoms with van der Waals surface area (Å²) >= 11 is 0. The molecule has 0 bridgehead atoms. The highest BCUT2D eigenvalue weighted by atomic mass is 16.5. The molecule has 10 heavy (non-hydrogen) atoms. The number of allylic oxidation sites excluding steroid dienone is 1. The third-order valence-electron chi connectivity index (χ3n) is 2.28. The molecule has 0 radical (unpaired) electrons. The molecule has 0 heterocycles. The Balaban J connectivity index is 2.87. The van der Waals surface area contributed by atoms with E-state index in [1.807, 2.05) is 19.9 Å². The van der Waals surface area contributed by atoms with E-state index in [9.17, 15) is 10.2 Å². The quantitative estimate of drug-likeness (QED) is 0.392. The minimum absolute atomic E-state index is 0.401. The summed E-state index contributed by atoms with van der Waals surface area (Å²) in [6.45, 7) is 3.72. The van der Waals surface area contributed by atoms with Crippen LogP contribution in [-0.4, -0.2) is 16.0 Å². The lowest BCUT2D eigenvalue weighted by atomic mass is 9.76. The van der Waals surface area contributed by atoms with E-state index in [0.717, 1.165) is 12.8 Å². The molecular weight excluding hydrogens is 128 g/mol. The zero-order valence-corrected chi connectivity index (χ0v) is 6.46. The first kappa shape index (κ1) is 7.76. The van der Waals surface area contributed by atoms with Gasteiger partial charge in [0.25, 0.3) is 0 Å². The smallest absolute Gasteiger partial charge is 0.187 e. The average molecular weight is 142 g/mol. The SMILES string of the molecule is CC1(C)CCC=CC1(O)O. The van der Waals surface area contributed by atoms with Crippen LogP contribution in [0.1, 0.15) is 26.7 Å². The molecule has 0 spiro atoms. The van der Waals surface area contributed by atoms with Crippen molar-refractivity contribution in [1.29, 1.82) is 0 Å². The third-order valence-corrected chi connectivity index (χ3v) is 2.28. The molecule has 0 aliphatic heterocycles. The summed E-state index contributed by atoms with van der Waals surface area (Å²) in [4.78, 5) is 0. The summed E-state index contributed by atoms with van der Waals surface area (Å²) in [5.41, 5.74) is -0.401. The van der Waals surface area contributed by atoms with E-state index in [1.165, 1.54) is 6.08 Å². The lowest BCUT2D eigenvalue weighted by Gasteiger charge is -2.38. The first-order valence-electron chi connectivity index (χ1n) is 3.58. The monoisotopic (exact) mass is 142 g/mol. The van der Waals surface area contributed by atoms with Gasteiger partial charge in [0.2, 0.25) is 0 Å². The molecule has 0 saturated heterocycles. The van der Waals surface area contributed by atoms with Crippen LogP contribution in [0.25, 0.3) is 0 Å². The van der Waals surface area contributed by atoms with E-state index in [0.29, 0.717) is 0 Å². The summed E-state index contributed by atoms with van der Waals surface area (Å²) in [5.74, 6) is -1.61. The Morgan fingerprint density at radius 2 is 1.90 bits per heavy atom. The second kappa shape index (κ2) is 2.07. The van der Waals surface area contributed by atoms with Gasteiger partial charge in [-0.2, -0.15) is 0 Å². The fourth-order valence-electron chi connectivity index (χ4n) is 1.10. The normalized spacial score (nSPS) is 28.4. The molecule has 0 aromatic heterocycles. The Bertz CT molecular complexity index is 157.